The first-order chi connectivity index (χ1) is 5.66. The molecule has 0 radical (unpaired) electrons. The van der Waals surface area contributed by atoms with Gasteiger partial charge >= 0.3 is 0 Å². The number of benzene rings is 1. The van der Waals surface area contributed by atoms with Crippen LogP contribution in [0.2, 0.25) is 0 Å². The molecule has 0 saturated heterocycles. The second kappa shape index (κ2) is 3.83. The molecule has 1 aromatic carbocycles. The van der Waals surface area contributed by atoms with Gasteiger partial charge in [-0.15, -0.1) is 0 Å². The lowest BCUT2D eigenvalue weighted by Gasteiger charge is -2.12. The van der Waals surface area contributed by atoms with E-state index >= 15 is 0 Å². The Morgan fingerprint density at radius 2 is 2.17 bits per heavy atom. The standard InChI is InChI=1S/C9H12O2S/c1-3-8-6-4-5-7(2)9(8)12(10)11/h4-6H,3H2,1-2H3,(H,10,11)/p-1. The van der Waals surface area contributed by atoms with Crippen LogP contribution in [0.4, 0.5) is 0 Å². The Bertz CT molecular complexity index is 307. The van der Waals surface area contributed by atoms with Crippen molar-refractivity contribution in [1.29, 1.82) is 0 Å². The monoisotopic (exact) mass is 183 g/mol. The zero-order chi connectivity index (χ0) is 9.14. The normalized spacial score (nSPS) is 12.9. The van der Waals surface area contributed by atoms with Gasteiger partial charge in [-0.1, -0.05) is 25.1 Å². The predicted octanol–water partition coefficient (Wildman–Crippen LogP) is 1.80. The van der Waals surface area contributed by atoms with Gasteiger partial charge in [-0.05, 0) is 35.6 Å². The summed E-state index contributed by atoms with van der Waals surface area (Å²) in [6, 6.07) is 5.53. The fraction of sp³-hybridized carbons (Fsp3) is 0.333. The average Bonchev–Trinajstić information content (AvgIpc) is 2.03. The summed E-state index contributed by atoms with van der Waals surface area (Å²) >= 11 is -2.10. The molecule has 0 aliphatic rings. The molecule has 66 valence electrons. The first kappa shape index (κ1) is 9.42. The van der Waals surface area contributed by atoms with Gasteiger partial charge in [0.1, 0.15) is 0 Å². The highest BCUT2D eigenvalue weighted by Gasteiger charge is 2.03. The van der Waals surface area contributed by atoms with Gasteiger partial charge in [-0.2, -0.15) is 0 Å². The maximum Gasteiger partial charge on any atom is 0.0309 e. The molecule has 1 aromatic rings. The fourth-order valence-corrected chi connectivity index (χ4v) is 1.99. The van der Waals surface area contributed by atoms with Crippen LogP contribution in [0.5, 0.6) is 0 Å². The highest BCUT2D eigenvalue weighted by Crippen LogP contribution is 2.17. The van der Waals surface area contributed by atoms with Crippen LogP contribution in [-0.4, -0.2) is 8.76 Å². The number of hydrogen-bond acceptors (Lipinski definition) is 2. The van der Waals surface area contributed by atoms with Crippen molar-refractivity contribution in [3.63, 3.8) is 0 Å². The third-order valence-electron chi connectivity index (χ3n) is 1.84. The van der Waals surface area contributed by atoms with Crippen molar-refractivity contribution in [3.05, 3.63) is 29.3 Å². The molecule has 0 aliphatic heterocycles. The molecule has 0 heterocycles. The van der Waals surface area contributed by atoms with Crippen LogP contribution in [-0.2, 0) is 17.5 Å². The van der Waals surface area contributed by atoms with E-state index in [4.69, 9.17) is 0 Å². The van der Waals surface area contributed by atoms with Crippen LogP contribution >= 0.6 is 0 Å². The van der Waals surface area contributed by atoms with E-state index in [0.29, 0.717) is 4.90 Å². The summed E-state index contributed by atoms with van der Waals surface area (Å²) in [5.74, 6) is 0. The highest BCUT2D eigenvalue weighted by molar-refractivity contribution is 7.79. The summed E-state index contributed by atoms with van der Waals surface area (Å²) in [4.78, 5) is 0.458. The van der Waals surface area contributed by atoms with Gasteiger partial charge in [0.25, 0.3) is 0 Å². The van der Waals surface area contributed by atoms with Crippen molar-refractivity contribution in [2.75, 3.05) is 0 Å². The van der Waals surface area contributed by atoms with Crippen molar-refractivity contribution in [2.45, 2.75) is 25.2 Å². The Kier molecular flexibility index (Phi) is 3.00. The van der Waals surface area contributed by atoms with Crippen molar-refractivity contribution < 1.29 is 8.76 Å². The van der Waals surface area contributed by atoms with Crippen LogP contribution in [0, 0.1) is 6.92 Å². The van der Waals surface area contributed by atoms with Crippen LogP contribution < -0.4 is 0 Å². The minimum Gasteiger partial charge on any atom is -0.768 e. The highest BCUT2D eigenvalue weighted by atomic mass is 32.2. The molecule has 0 aliphatic carbocycles. The lowest BCUT2D eigenvalue weighted by atomic mass is 10.1. The Labute approximate surface area is 74.9 Å². The second-order valence-corrected chi connectivity index (χ2v) is 3.53. The van der Waals surface area contributed by atoms with Gasteiger partial charge in [0, 0.05) is 4.90 Å². The summed E-state index contributed by atoms with van der Waals surface area (Å²) in [5, 5.41) is 0. The molecule has 1 rings (SSSR count). The largest absolute Gasteiger partial charge is 0.768 e. The molecule has 0 aromatic heterocycles. The zero-order valence-electron chi connectivity index (χ0n) is 7.16. The molecule has 0 saturated carbocycles. The van der Waals surface area contributed by atoms with E-state index in [9.17, 15) is 8.76 Å². The molecule has 1 unspecified atom stereocenters. The predicted molar refractivity (Wildman–Crippen MR) is 47.7 cm³/mol. The quantitative estimate of drug-likeness (QED) is 0.656. The molecule has 0 amide bonds. The van der Waals surface area contributed by atoms with Crippen LogP contribution in [0.1, 0.15) is 18.1 Å². The van der Waals surface area contributed by atoms with E-state index in [1.54, 1.807) is 0 Å². The molecule has 0 N–H and O–H groups in total. The summed E-state index contributed by atoms with van der Waals surface area (Å²) < 4.78 is 21.6. The molecular weight excluding hydrogens is 172 g/mol. The van der Waals surface area contributed by atoms with E-state index in [1.807, 2.05) is 32.0 Å². The molecule has 3 heteroatoms. The maximum absolute atomic E-state index is 10.8. The summed E-state index contributed by atoms with van der Waals surface area (Å²) in [6.45, 7) is 3.76. The van der Waals surface area contributed by atoms with Gasteiger partial charge in [-0.25, -0.2) is 0 Å². The van der Waals surface area contributed by atoms with Gasteiger partial charge in [-0.3, -0.25) is 4.21 Å². The Balaban J connectivity index is 3.29. The summed E-state index contributed by atoms with van der Waals surface area (Å²) in [5.41, 5.74) is 1.71. The number of aryl methyl sites for hydroxylation is 2. The Morgan fingerprint density at radius 3 is 2.58 bits per heavy atom. The van der Waals surface area contributed by atoms with Crippen molar-refractivity contribution in [3.8, 4) is 0 Å². The Hall–Kier alpha value is -0.670. The molecule has 12 heavy (non-hydrogen) atoms. The lowest BCUT2D eigenvalue weighted by molar-refractivity contribution is 0.535. The molecule has 2 nitrogen and oxygen atoms in total. The maximum atomic E-state index is 10.8. The summed E-state index contributed by atoms with van der Waals surface area (Å²) in [7, 11) is 0. The third kappa shape index (κ3) is 1.73. The lowest BCUT2D eigenvalue weighted by Crippen LogP contribution is -1.98. The first-order valence-electron chi connectivity index (χ1n) is 3.84. The topological polar surface area (TPSA) is 40.1 Å². The fourth-order valence-electron chi connectivity index (χ4n) is 1.23. The zero-order valence-corrected chi connectivity index (χ0v) is 7.98. The van der Waals surface area contributed by atoms with Crippen molar-refractivity contribution in [1.82, 2.24) is 0 Å². The number of hydrogen-bond donors (Lipinski definition) is 0. The third-order valence-corrected chi connectivity index (χ3v) is 2.76. The van der Waals surface area contributed by atoms with Gasteiger partial charge in [0.15, 0.2) is 0 Å². The van der Waals surface area contributed by atoms with Gasteiger partial charge < -0.3 is 4.55 Å². The first-order valence-corrected chi connectivity index (χ1v) is 4.92. The van der Waals surface area contributed by atoms with Crippen LogP contribution in [0.15, 0.2) is 23.1 Å². The van der Waals surface area contributed by atoms with Crippen LogP contribution in [0.3, 0.4) is 0 Å². The average molecular weight is 183 g/mol. The van der Waals surface area contributed by atoms with E-state index in [0.717, 1.165) is 17.5 Å². The summed E-state index contributed by atoms with van der Waals surface area (Å²) in [6.07, 6.45) is 0.755. The molecular formula is C9H11O2S-. The molecule has 0 fully saturated rings. The molecule has 0 bridgehead atoms. The Morgan fingerprint density at radius 1 is 1.50 bits per heavy atom. The van der Waals surface area contributed by atoms with Crippen LogP contribution in [0.25, 0.3) is 0 Å². The van der Waals surface area contributed by atoms with Crippen molar-refractivity contribution in [2.24, 2.45) is 0 Å². The smallest absolute Gasteiger partial charge is 0.0309 e. The van der Waals surface area contributed by atoms with Gasteiger partial charge in [0.2, 0.25) is 0 Å². The second-order valence-electron chi connectivity index (χ2n) is 2.65. The minimum atomic E-state index is -2.10. The van der Waals surface area contributed by atoms with Gasteiger partial charge in [0.05, 0.1) is 0 Å². The molecule has 0 spiro atoms. The van der Waals surface area contributed by atoms with E-state index < -0.39 is 11.1 Å². The van der Waals surface area contributed by atoms with E-state index in [2.05, 4.69) is 0 Å². The minimum absolute atomic E-state index is 0.458. The number of rotatable bonds is 2. The molecule has 1 atom stereocenters. The SMILES string of the molecule is CCc1cccc(C)c1S(=O)[O-]. The van der Waals surface area contributed by atoms with E-state index in [1.165, 1.54) is 0 Å². The van der Waals surface area contributed by atoms with Crippen molar-refractivity contribution >= 4 is 11.1 Å². The van der Waals surface area contributed by atoms with E-state index in [-0.39, 0.29) is 0 Å².